The second-order valence-electron chi connectivity index (χ2n) is 3.77. The summed E-state index contributed by atoms with van der Waals surface area (Å²) in [5, 5.41) is 10.8. The first-order valence-corrected chi connectivity index (χ1v) is 5.30. The molecule has 0 spiro atoms. The molecule has 0 amide bonds. The van der Waals surface area contributed by atoms with Crippen LogP contribution in [-0.2, 0) is 0 Å². The van der Waals surface area contributed by atoms with Gasteiger partial charge < -0.3 is 0 Å². The van der Waals surface area contributed by atoms with Gasteiger partial charge in [0.1, 0.15) is 0 Å². The number of nitro benzene ring substituents is 1. The Kier molecular flexibility index (Phi) is 3.14. The Morgan fingerprint density at radius 2 is 1.89 bits per heavy atom. The maximum Gasteiger partial charge on any atom is 0.273 e. The predicted octanol–water partition coefficient (Wildman–Crippen LogP) is 2.53. The Balaban J connectivity index is 2.50. The predicted molar refractivity (Wildman–Crippen MR) is 65.5 cm³/mol. The third kappa shape index (κ3) is 2.10. The summed E-state index contributed by atoms with van der Waals surface area (Å²) in [7, 11) is 0. The number of ketones is 1. The fraction of sp³-hybridized carbons (Fsp3) is 0.0769. The van der Waals surface area contributed by atoms with Crippen LogP contribution in [0.2, 0.25) is 0 Å². The molecule has 0 unspecified atom stereocenters. The quantitative estimate of drug-likeness (QED) is 0.471. The number of nitrogens with zero attached hydrogens (tertiary/aromatic N) is 2. The second-order valence-corrected chi connectivity index (χ2v) is 3.77. The molecule has 5 nitrogen and oxygen atoms in total. The normalized spacial score (nSPS) is 10.1. The zero-order valence-corrected chi connectivity index (χ0v) is 9.66. The lowest BCUT2D eigenvalue weighted by Gasteiger charge is -2.05. The average Bonchev–Trinajstić information content (AvgIpc) is 2.39. The molecular weight excluding hydrogens is 232 g/mol. The van der Waals surface area contributed by atoms with Crippen LogP contribution in [0.3, 0.4) is 0 Å². The molecule has 0 aliphatic rings. The molecule has 0 radical (unpaired) electrons. The van der Waals surface area contributed by atoms with Gasteiger partial charge in [-0.1, -0.05) is 12.1 Å². The van der Waals surface area contributed by atoms with Gasteiger partial charge in [-0.05, 0) is 19.1 Å². The van der Waals surface area contributed by atoms with E-state index in [1.54, 1.807) is 25.1 Å². The van der Waals surface area contributed by atoms with E-state index >= 15 is 0 Å². The number of carbonyl (C=O) groups is 1. The number of hydrogen-bond acceptors (Lipinski definition) is 4. The third-order valence-corrected chi connectivity index (χ3v) is 2.69. The Bertz CT molecular complexity index is 609. The summed E-state index contributed by atoms with van der Waals surface area (Å²) in [6.45, 7) is 1.58. The lowest BCUT2D eigenvalue weighted by atomic mass is 9.99. The number of pyridine rings is 1. The van der Waals surface area contributed by atoms with E-state index in [1.165, 1.54) is 24.5 Å². The van der Waals surface area contributed by atoms with Crippen molar-refractivity contribution in [2.45, 2.75) is 6.92 Å². The minimum absolute atomic E-state index is 0.0464. The van der Waals surface area contributed by atoms with Gasteiger partial charge in [0.25, 0.3) is 5.69 Å². The highest BCUT2D eigenvalue weighted by Crippen LogP contribution is 2.23. The van der Waals surface area contributed by atoms with E-state index in [2.05, 4.69) is 4.98 Å². The summed E-state index contributed by atoms with van der Waals surface area (Å²) in [6.07, 6.45) is 3.03. The van der Waals surface area contributed by atoms with E-state index in [0.29, 0.717) is 16.7 Å². The van der Waals surface area contributed by atoms with E-state index < -0.39 is 4.92 Å². The second kappa shape index (κ2) is 4.75. The van der Waals surface area contributed by atoms with E-state index in [9.17, 15) is 14.9 Å². The molecule has 1 aromatic heterocycles. The number of benzene rings is 1. The first-order valence-electron chi connectivity index (χ1n) is 5.30. The number of carbonyl (C=O) groups excluding carboxylic acids is 1. The molecule has 0 aliphatic heterocycles. The van der Waals surface area contributed by atoms with Crippen LogP contribution in [-0.4, -0.2) is 15.7 Å². The maximum atomic E-state index is 12.2. The van der Waals surface area contributed by atoms with Crippen LogP contribution < -0.4 is 0 Å². The fourth-order valence-corrected chi connectivity index (χ4v) is 1.73. The highest BCUT2D eigenvalue weighted by molar-refractivity contribution is 6.10. The van der Waals surface area contributed by atoms with Gasteiger partial charge in [0.15, 0.2) is 5.78 Å². The van der Waals surface area contributed by atoms with Crippen molar-refractivity contribution in [3.05, 3.63) is 69.5 Å². The number of hydrogen-bond donors (Lipinski definition) is 0. The highest BCUT2D eigenvalue weighted by atomic mass is 16.6. The lowest BCUT2D eigenvalue weighted by molar-refractivity contribution is -0.385. The van der Waals surface area contributed by atoms with Crippen molar-refractivity contribution in [2.75, 3.05) is 0 Å². The van der Waals surface area contributed by atoms with Crippen molar-refractivity contribution in [3.63, 3.8) is 0 Å². The van der Waals surface area contributed by atoms with Crippen LogP contribution in [0.4, 0.5) is 5.69 Å². The van der Waals surface area contributed by atoms with Crippen molar-refractivity contribution in [2.24, 2.45) is 0 Å². The highest BCUT2D eigenvalue weighted by Gasteiger charge is 2.18. The Hall–Kier alpha value is -2.56. The number of rotatable bonds is 3. The van der Waals surface area contributed by atoms with Crippen molar-refractivity contribution in [3.8, 4) is 0 Å². The third-order valence-electron chi connectivity index (χ3n) is 2.69. The maximum absolute atomic E-state index is 12.2. The Labute approximate surface area is 103 Å². The first-order chi connectivity index (χ1) is 8.61. The van der Waals surface area contributed by atoms with Gasteiger partial charge in [0.05, 0.1) is 4.92 Å². The van der Waals surface area contributed by atoms with Crippen LogP contribution in [0, 0.1) is 17.0 Å². The van der Waals surface area contributed by atoms with Crippen LogP contribution in [0.5, 0.6) is 0 Å². The average molecular weight is 242 g/mol. The minimum atomic E-state index is -0.487. The molecule has 5 heteroatoms. The minimum Gasteiger partial charge on any atom is -0.289 e. The fourth-order valence-electron chi connectivity index (χ4n) is 1.73. The molecule has 0 saturated heterocycles. The smallest absolute Gasteiger partial charge is 0.273 e. The Morgan fingerprint density at radius 3 is 2.50 bits per heavy atom. The van der Waals surface area contributed by atoms with Crippen LogP contribution >= 0.6 is 0 Å². The van der Waals surface area contributed by atoms with Crippen molar-refractivity contribution in [1.29, 1.82) is 0 Å². The zero-order valence-electron chi connectivity index (χ0n) is 9.66. The molecule has 0 fully saturated rings. The summed E-state index contributed by atoms with van der Waals surface area (Å²) < 4.78 is 0. The van der Waals surface area contributed by atoms with Gasteiger partial charge in [0.2, 0.25) is 0 Å². The van der Waals surface area contributed by atoms with Gasteiger partial charge in [0, 0.05) is 35.2 Å². The number of nitro groups is 1. The molecule has 1 heterocycles. The summed E-state index contributed by atoms with van der Waals surface area (Å²) in [5.41, 5.74) is 1.14. The molecule has 0 atom stereocenters. The van der Waals surface area contributed by atoms with Gasteiger partial charge >= 0.3 is 0 Å². The van der Waals surface area contributed by atoms with Crippen molar-refractivity contribution < 1.29 is 9.72 Å². The van der Waals surface area contributed by atoms with Crippen LogP contribution in [0.15, 0.2) is 42.7 Å². The van der Waals surface area contributed by atoms with Crippen LogP contribution in [0.25, 0.3) is 0 Å². The number of aromatic nitrogens is 1. The summed E-state index contributed by atoms with van der Waals surface area (Å²) in [6, 6.07) is 7.66. The summed E-state index contributed by atoms with van der Waals surface area (Å²) in [4.78, 5) is 26.4. The molecule has 0 aliphatic carbocycles. The molecule has 2 aromatic rings. The SMILES string of the molecule is Cc1c(C(=O)c2ccncc2)cccc1[N+](=O)[O-]. The monoisotopic (exact) mass is 242 g/mol. The van der Waals surface area contributed by atoms with Gasteiger partial charge in [-0.25, -0.2) is 0 Å². The molecule has 0 saturated carbocycles. The molecule has 0 N–H and O–H groups in total. The standard InChI is InChI=1S/C13H10N2O3/c1-9-11(3-2-4-12(9)15(17)18)13(16)10-5-7-14-8-6-10/h2-8H,1H3. The Morgan fingerprint density at radius 1 is 1.22 bits per heavy atom. The first kappa shape index (κ1) is 11.9. The summed E-state index contributed by atoms with van der Waals surface area (Å²) >= 11 is 0. The van der Waals surface area contributed by atoms with E-state index in [-0.39, 0.29) is 11.5 Å². The van der Waals surface area contributed by atoms with E-state index in [1.807, 2.05) is 0 Å². The molecule has 18 heavy (non-hydrogen) atoms. The van der Waals surface area contributed by atoms with Gasteiger partial charge in [-0.3, -0.25) is 19.9 Å². The van der Waals surface area contributed by atoms with E-state index in [0.717, 1.165) is 0 Å². The lowest BCUT2D eigenvalue weighted by Crippen LogP contribution is -2.05. The molecular formula is C13H10N2O3. The zero-order chi connectivity index (χ0) is 13.1. The van der Waals surface area contributed by atoms with Crippen molar-refractivity contribution in [1.82, 2.24) is 4.98 Å². The van der Waals surface area contributed by atoms with Crippen LogP contribution in [0.1, 0.15) is 21.5 Å². The topological polar surface area (TPSA) is 73.1 Å². The molecule has 1 aromatic carbocycles. The molecule has 90 valence electrons. The summed E-state index contributed by atoms with van der Waals surface area (Å²) in [5.74, 6) is -0.237. The van der Waals surface area contributed by atoms with E-state index in [4.69, 9.17) is 0 Å². The van der Waals surface area contributed by atoms with Crippen molar-refractivity contribution >= 4 is 11.5 Å². The van der Waals surface area contributed by atoms with Gasteiger partial charge in [-0.2, -0.15) is 0 Å². The largest absolute Gasteiger partial charge is 0.289 e. The molecule has 0 bridgehead atoms. The van der Waals surface area contributed by atoms with Gasteiger partial charge in [-0.15, -0.1) is 0 Å². The molecule has 2 rings (SSSR count).